The van der Waals surface area contributed by atoms with Crippen LogP contribution in [0.5, 0.6) is 0 Å². The van der Waals surface area contributed by atoms with Crippen LogP contribution < -0.4 is 58.5 Å². The fourth-order valence-electron chi connectivity index (χ4n) is 15.8. The third kappa shape index (κ3) is 53.6. The van der Waals surface area contributed by atoms with Gasteiger partial charge in [0.2, 0.25) is 65.0 Å². The van der Waals surface area contributed by atoms with Crippen LogP contribution in [0.3, 0.4) is 0 Å². The van der Waals surface area contributed by atoms with E-state index in [1.165, 1.54) is 27.7 Å². The first-order valence-electron chi connectivity index (χ1n) is 50.5. The molecule has 5 aliphatic heterocycles. The van der Waals surface area contributed by atoms with Gasteiger partial charge < -0.3 is 220 Å². The Labute approximate surface area is 860 Å². The molecule has 20 unspecified atom stereocenters. The number of hydrogen-bond acceptors (Lipinski definition) is 45. The van der Waals surface area contributed by atoms with Crippen LogP contribution in [-0.4, -0.2) is 539 Å². The topological polar surface area (TPSA) is 771 Å². The summed E-state index contributed by atoms with van der Waals surface area (Å²) in [4.78, 5) is 146. The van der Waals surface area contributed by atoms with Crippen LogP contribution in [0.2, 0.25) is 0 Å². The molecule has 24 N–H and O–H groups in total. The second-order valence-electron chi connectivity index (χ2n) is 35.9. The van der Waals surface area contributed by atoms with Crippen molar-refractivity contribution in [2.24, 2.45) is 0 Å². The van der Waals surface area contributed by atoms with Crippen molar-refractivity contribution in [1.29, 1.82) is 0 Å². The highest BCUT2D eigenvalue weighted by molar-refractivity contribution is 5.90. The molecule has 0 bridgehead atoms. The van der Waals surface area contributed by atoms with Crippen molar-refractivity contribution in [3.8, 4) is 0 Å². The van der Waals surface area contributed by atoms with Gasteiger partial charge in [0.1, 0.15) is 123 Å². The van der Waals surface area contributed by atoms with E-state index in [1.807, 2.05) is 13.8 Å². The quantitative estimate of drug-likeness (QED) is 0.0251. The van der Waals surface area contributed by atoms with Crippen molar-refractivity contribution in [2.75, 3.05) is 244 Å². The summed E-state index contributed by atoms with van der Waals surface area (Å²) in [6, 6.07) is -8.37. The minimum absolute atomic E-state index is 0.00365. The van der Waals surface area contributed by atoms with Gasteiger partial charge in [-0.05, 0) is 46.1 Å². The molecule has 11 amide bonds. The molecule has 0 aromatic heterocycles. The Morgan fingerprint density at radius 1 is 0.318 bits per heavy atom. The number of nitrogens with zero attached hydrogens (tertiary/aromatic N) is 1. The van der Waals surface area contributed by atoms with Crippen LogP contribution in [0, 0.1) is 0 Å². The zero-order chi connectivity index (χ0) is 109. The average molecular weight is 2140 g/mol. The fraction of sp³-hybridized carbons (Fsp3) is 0.880. The highest BCUT2D eigenvalue weighted by atomic mass is 16.7. The number of carbonyl (C=O) groups excluding carboxylic acids is 11. The smallest absolute Gasteiger partial charge is 0.246 e. The Hall–Kier alpha value is -7.19. The Kier molecular flexibility index (Phi) is 68.5. The number of unbranched alkanes of at least 4 members (excludes halogenated alkanes) is 6. The third-order valence-electron chi connectivity index (χ3n) is 23.4. The maximum atomic E-state index is 13.9. The first-order valence-corrected chi connectivity index (χ1v) is 50.5. The molecule has 5 heterocycles. The van der Waals surface area contributed by atoms with E-state index >= 15 is 0 Å². The molecule has 56 nitrogen and oxygen atoms in total. The fourth-order valence-corrected chi connectivity index (χ4v) is 15.8. The highest BCUT2D eigenvalue weighted by Crippen LogP contribution is 2.28. The van der Waals surface area contributed by atoms with Gasteiger partial charge in [-0.2, -0.15) is 0 Å². The summed E-state index contributed by atoms with van der Waals surface area (Å²) in [5.41, 5.74) is 0. The van der Waals surface area contributed by atoms with Gasteiger partial charge in [-0.15, -0.1) is 0 Å². The molecule has 0 spiro atoms. The predicted octanol–water partition coefficient (Wildman–Crippen LogP) is -11.9. The minimum Gasteiger partial charge on any atom is -0.394 e. The van der Waals surface area contributed by atoms with Gasteiger partial charge in [0, 0.05) is 86.2 Å². The Balaban J connectivity index is 1.20. The van der Waals surface area contributed by atoms with Gasteiger partial charge >= 0.3 is 0 Å². The van der Waals surface area contributed by atoms with Crippen LogP contribution in [0.15, 0.2) is 0 Å². The van der Waals surface area contributed by atoms with E-state index < -0.39 is 259 Å². The lowest BCUT2D eigenvalue weighted by atomic mass is 9.97. The standard InChI is InChI=1S/C92H166N12O44/c1-56(2)143-53-63-45-104(44-62(46-105)144-63)23-13-11-9-7-8-10-12-14-72(116)101-61(51-137-54-73(117)102-64(87(127)95-21-26-131-30-34-135-38-42-141-91-77(99-59(5)112)85(125)81(121)68(49-108)147-91)15-17-70(114)93-19-24-129-28-32-133-36-40-139-89-75(97-57(3)110)83(123)79(119)66(47-106)145-89)52-138-55-74(118)103-65(88(128)96-22-27-132-31-35-136-39-43-142-92-78(100-60(6)113)86(126)82(122)69(50-109)148-92)16-18-71(115)94-20-25-130-29-33-134-37-41-140-90-76(98-58(4)111)84(124)80(120)67(48-107)146-90/h56,61-69,75-86,89-92,105-109,119-126H,7-55H2,1-6H3,(H,93,114)(H,94,115)(H,95,127)(H,96,128)(H,97,110)(H,98,111)(H,99,112)(H,100,113)(H,101,116)(H,102,117)(H,103,118)/t61?,62-,63-,64+,65+,66?,67?,68?,69?,75?,76?,77?,78?,79?,80?,81?,82?,83?,84?,85?,86?,89?,90?,91?,92?/m0/s1. The molecular formula is C92H166N12O44. The van der Waals surface area contributed by atoms with Crippen LogP contribution in [0.4, 0.5) is 0 Å². The molecule has 24 atom stereocenters. The largest absolute Gasteiger partial charge is 0.394 e. The molecule has 148 heavy (non-hydrogen) atoms. The lowest BCUT2D eigenvalue weighted by Crippen LogP contribution is -2.64. The molecule has 0 aliphatic carbocycles. The summed E-state index contributed by atoms with van der Waals surface area (Å²) >= 11 is 0. The van der Waals surface area contributed by atoms with Crippen molar-refractivity contribution in [3.63, 3.8) is 0 Å². The first kappa shape index (κ1) is 131. The summed E-state index contributed by atoms with van der Waals surface area (Å²) in [5, 5.41) is 161. The maximum Gasteiger partial charge on any atom is 0.246 e. The van der Waals surface area contributed by atoms with Crippen molar-refractivity contribution in [1.82, 2.24) is 63.4 Å². The molecule has 0 aromatic carbocycles. The average Bonchev–Trinajstić information content (AvgIpc) is 0.817. The molecule has 5 rings (SSSR count). The number of amides is 11. The van der Waals surface area contributed by atoms with Gasteiger partial charge in [0.25, 0.3) is 0 Å². The van der Waals surface area contributed by atoms with Gasteiger partial charge in [0.05, 0.1) is 209 Å². The van der Waals surface area contributed by atoms with E-state index in [1.54, 1.807) is 0 Å². The van der Waals surface area contributed by atoms with Crippen molar-refractivity contribution < 1.29 is 214 Å². The van der Waals surface area contributed by atoms with Gasteiger partial charge in [0.15, 0.2) is 25.2 Å². The SMILES string of the molecule is CC(=O)NC1C(OCCOCCOCCNC(=O)CC[C@@H](NC(=O)COCC(COCC(=O)N[C@H](CCC(=O)NCCOCCOCCOC2OC(CO)C(O)C(O)C2NC(C)=O)C(=O)NCCOCCOCCOC2OC(CO)C(O)C(O)C2NC(C)=O)NC(=O)CCCCCCCCCN2C[C@@H](CO)O[C@H](COC(C)C)C2)C(=O)NCCOCCOCCOC2OC(CO)C(O)C(O)C2NC(C)=O)OC(CO)C(O)C1O. The van der Waals surface area contributed by atoms with Gasteiger partial charge in [-0.1, -0.05) is 32.1 Å². The number of morpholine rings is 1. The summed E-state index contributed by atoms with van der Waals surface area (Å²) in [6.45, 7) is 6.08. The molecule has 56 heteroatoms. The van der Waals surface area contributed by atoms with E-state index in [-0.39, 0.29) is 215 Å². The normalized spacial score (nSPS) is 26.3. The lowest BCUT2D eigenvalue weighted by molar-refractivity contribution is -0.272. The second-order valence-corrected chi connectivity index (χ2v) is 35.9. The Bertz CT molecular complexity index is 3500. The summed E-state index contributed by atoms with van der Waals surface area (Å²) in [5.74, 6) is -6.74. The zero-order valence-electron chi connectivity index (χ0n) is 85.6. The van der Waals surface area contributed by atoms with E-state index in [4.69, 9.17) is 94.7 Å². The van der Waals surface area contributed by atoms with E-state index in [0.29, 0.717) is 32.5 Å². The molecule has 5 saturated heterocycles. The van der Waals surface area contributed by atoms with E-state index in [0.717, 1.165) is 38.6 Å². The monoisotopic (exact) mass is 2140 g/mol. The third-order valence-corrected chi connectivity index (χ3v) is 23.4. The minimum atomic E-state index is -1.52. The zero-order valence-corrected chi connectivity index (χ0v) is 85.6. The summed E-state index contributed by atoms with van der Waals surface area (Å²) in [6.07, 6.45) is -17.4. The molecule has 5 aliphatic rings. The Morgan fingerprint density at radius 3 is 0.926 bits per heavy atom. The molecule has 5 fully saturated rings. The summed E-state index contributed by atoms with van der Waals surface area (Å²) in [7, 11) is 0. The number of aliphatic hydroxyl groups excluding tert-OH is 13. The molecular weight excluding hydrogens is 1980 g/mol. The van der Waals surface area contributed by atoms with Crippen LogP contribution in [0.1, 0.15) is 119 Å². The van der Waals surface area contributed by atoms with Crippen molar-refractivity contribution in [2.45, 2.75) is 278 Å². The van der Waals surface area contributed by atoms with Crippen molar-refractivity contribution in [3.05, 3.63) is 0 Å². The molecule has 0 aromatic rings. The molecule has 0 saturated carbocycles. The van der Waals surface area contributed by atoms with Crippen LogP contribution in [0.25, 0.3) is 0 Å². The Morgan fingerprint density at radius 2 is 0.615 bits per heavy atom. The summed E-state index contributed by atoms with van der Waals surface area (Å²) < 4.78 is 113. The second kappa shape index (κ2) is 77.2. The molecule has 0 radical (unpaired) electrons. The number of rotatable bonds is 81. The highest BCUT2D eigenvalue weighted by Gasteiger charge is 2.50. The molecule has 858 valence electrons. The van der Waals surface area contributed by atoms with Gasteiger partial charge in [-0.3, -0.25) is 57.6 Å². The van der Waals surface area contributed by atoms with E-state index in [2.05, 4.69) is 63.4 Å². The number of nitrogens with one attached hydrogen (secondary N) is 11. The van der Waals surface area contributed by atoms with Gasteiger partial charge in [-0.25, -0.2) is 0 Å². The van der Waals surface area contributed by atoms with Crippen LogP contribution in [-0.2, 0) is 147 Å². The van der Waals surface area contributed by atoms with Crippen LogP contribution >= 0.6 is 0 Å². The number of hydrogen-bond donors (Lipinski definition) is 24. The first-order chi connectivity index (χ1) is 71.1. The number of carbonyl (C=O) groups is 11. The lowest BCUT2D eigenvalue weighted by Gasteiger charge is -2.42. The maximum absolute atomic E-state index is 13.9. The van der Waals surface area contributed by atoms with E-state index in [9.17, 15) is 119 Å². The number of aliphatic hydroxyl groups is 13. The predicted molar refractivity (Wildman–Crippen MR) is 510 cm³/mol. The number of ether oxygens (including phenoxy) is 20. The van der Waals surface area contributed by atoms with Crippen molar-refractivity contribution >= 4 is 65.0 Å².